The van der Waals surface area contributed by atoms with Gasteiger partial charge in [0.15, 0.2) is 0 Å². The van der Waals surface area contributed by atoms with Gasteiger partial charge in [0.25, 0.3) is 0 Å². The summed E-state index contributed by atoms with van der Waals surface area (Å²) in [6.45, 7) is 8.63. The van der Waals surface area contributed by atoms with E-state index in [1.807, 2.05) is 0 Å². The minimum atomic E-state index is 0.00714. The van der Waals surface area contributed by atoms with Crippen molar-refractivity contribution in [3.63, 3.8) is 0 Å². The molecule has 152 valence electrons. The Morgan fingerprint density at radius 1 is 0.900 bits per heavy atom. The fraction of sp³-hybridized carbons (Fsp3) is 0.269. The van der Waals surface area contributed by atoms with Crippen LogP contribution in [-0.2, 0) is 18.3 Å². The van der Waals surface area contributed by atoms with Crippen LogP contribution in [0.4, 0.5) is 5.82 Å². The molecule has 0 aliphatic heterocycles. The van der Waals surface area contributed by atoms with Gasteiger partial charge in [-0.2, -0.15) is 0 Å². The second-order valence-corrected chi connectivity index (χ2v) is 8.90. The Labute approximate surface area is 178 Å². The lowest BCUT2D eigenvalue weighted by atomic mass is 9.91. The molecule has 0 aliphatic carbocycles. The highest BCUT2D eigenvalue weighted by Gasteiger charge is 2.16. The number of nitrogen functional groups attached to an aromatic ring is 1. The maximum Gasteiger partial charge on any atom is 0.127 e. The van der Waals surface area contributed by atoms with Gasteiger partial charge in [0.1, 0.15) is 12.1 Å². The van der Waals surface area contributed by atoms with E-state index < -0.39 is 0 Å². The molecule has 0 fully saturated rings. The molecule has 0 bridgehead atoms. The van der Waals surface area contributed by atoms with Crippen LogP contribution in [-0.4, -0.2) is 15.0 Å². The summed E-state index contributed by atoms with van der Waals surface area (Å²) in [6, 6.07) is 19.1. The van der Waals surface area contributed by atoms with E-state index in [-0.39, 0.29) is 5.41 Å². The summed E-state index contributed by atoms with van der Waals surface area (Å²) in [5.41, 5.74) is 14.1. The number of hydrogen-bond acceptors (Lipinski definition) is 4. The highest BCUT2D eigenvalue weighted by atomic mass is 14.9. The lowest BCUT2D eigenvalue weighted by molar-refractivity contribution is 0.564. The molecule has 2 aromatic carbocycles. The van der Waals surface area contributed by atoms with E-state index in [4.69, 9.17) is 5.73 Å². The summed E-state index contributed by atoms with van der Waals surface area (Å²) in [5, 5.41) is 1.11. The zero-order valence-corrected chi connectivity index (χ0v) is 18.1. The number of benzene rings is 2. The Morgan fingerprint density at radius 3 is 2.47 bits per heavy atom. The average molecular weight is 397 g/mol. The number of fused-ring (bicyclic) bond motifs is 1. The summed E-state index contributed by atoms with van der Waals surface area (Å²) < 4.78 is 0. The molecule has 0 unspecified atom stereocenters. The van der Waals surface area contributed by atoms with Crippen molar-refractivity contribution in [2.75, 3.05) is 5.73 Å². The number of nitrogens with zero attached hydrogens (tertiary/aromatic N) is 3. The monoisotopic (exact) mass is 396 g/mol. The Balaban J connectivity index is 1.63. The van der Waals surface area contributed by atoms with Gasteiger partial charge < -0.3 is 5.73 Å². The number of nitrogens with two attached hydrogens (primary N) is 1. The Kier molecular flexibility index (Phi) is 5.25. The summed E-state index contributed by atoms with van der Waals surface area (Å²) in [6.07, 6.45) is 3.26. The molecule has 4 heteroatoms. The van der Waals surface area contributed by atoms with Gasteiger partial charge in [-0.1, -0.05) is 51.1 Å². The third-order valence-electron chi connectivity index (χ3n) is 5.53. The Bertz CT molecular complexity index is 1210. The maximum atomic E-state index is 6.28. The first-order chi connectivity index (χ1) is 14.3. The zero-order chi connectivity index (χ0) is 21.3. The molecule has 0 atom stereocenters. The molecular formula is C26H28N4. The van der Waals surface area contributed by atoms with Crippen LogP contribution < -0.4 is 5.73 Å². The van der Waals surface area contributed by atoms with Crippen molar-refractivity contribution in [3.05, 3.63) is 83.4 Å². The van der Waals surface area contributed by atoms with E-state index in [0.717, 1.165) is 40.7 Å². The van der Waals surface area contributed by atoms with Crippen LogP contribution in [0, 0.1) is 6.92 Å². The average Bonchev–Trinajstić information content (AvgIpc) is 2.72. The number of aromatic nitrogens is 3. The minimum absolute atomic E-state index is 0.00714. The maximum absolute atomic E-state index is 6.28. The Morgan fingerprint density at radius 2 is 1.70 bits per heavy atom. The molecule has 0 amide bonds. The SMILES string of the molecule is Cc1ccccc1-c1ccc2nc(N)c(CCc3cc(C(C)(C)C)ncn3)cc2c1. The molecule has 0 radical (unpaired) electrons. The van der Waals surface area contributed by atoms with E-state index in [1.165, 1.54) is 16.7 Å². The van der Waals surface area contributed by atoms with E-state index >= 15 is 0 Å². The van der Waals surface area contributed by atoms with Gasteiger partial charge >= 0.3 is 0 Å². The van der Waals surface area contributed by atoms with Crippen LogP contribution in [0.5, 0.6) is 0 Å². The normalized spacial score (nSPS) is 11.7. The van der Waals surface area contributed by atoms with Crippen molar-refractivity contribution in [1.82, 2.24) is 15.0 Å². The number of hydrogen-bond donors (Lipinski definition) is 1. The number of rotatable bonds is 4. The van der Waals surface area contributed by atoms with Gasteiger partial charge in [0, 0.05) is 22.2 Å². The van der Waals surface area contributed by atoms with Gasteiger partial charge in [-0.3, -0.25) is 0 Å². The first-order valence-corrected chi connectivity index (χ1v) is 10.4. The standard InChI is InChI=1S/C26H28N4/c1-17-7-5-6-8-22(17)18-10-12-23-20(13-18)14-19(25(27)30-23)9-11-21-15-24(26(2,3)4)29-16-28-21/h5-8,10,12-16H,9,11H2,1-4H3,(H2,27,30). The largest absolute Gasteiger partial charge is 0.383 e. The molecule has 0 spiro atoms. The molecule has 2 aromatic heterocycles. The van der Waals surface area contributed by atoms with E-state index in [0.29, 0.717) is 5.82 Å². The molecule has 4 rings (SSSR count). The highest BCUT2D eigenvalue weighted by molar-refractivity contribution is 5.87. The second-order valence-electron chi connectivity index (χ2n) is 8.90. The van der Waals surface area contributed by atoms with Crippen molar-refractivity contribution in [1.29, 1.82) is 0 Å². The van der Waals surface area contributed by atoms with Crippen LogP contribution >= 0.6 is 0 Å². The van der Waals surface area contributed by atoms with Gasteiger partial charge in [0.05, 0.1) is 5.52 Å². The summed E-state index contributed by atoms with van der Waals surface area (Å²) in [4.78, 5) is 13.5. The molecule has 30 heavy (non-hydrogen) atoms. The van der Waals surface area contributed by atoms with Gasteiger partial charge in [0.2, 0.25) is 0 Å². The van der Waals surface area contributed by atoms with Gasteiger partial charge in [-0.05, 0) is 66.3 Å². The molecule has 2 N–H and O–H groups in total. The smallest absolute Gasteiger partial charge is 0.127 e. The van der Waals surface area contributed by atoms with Crippen LogP contribution in [0.15, 0.2) is 60.9 Å². The molecule has 2 heterocycles. The fourth-order valence-corrected chi connectivity index (χ4v) is 3.71. The van der Waals surface area contributed by atoms with Crippen molar-refractivity contribution in [2.24, 2.45) is 0 Å². The lowest BCUT2D eigenvalue weighted by Crippen LogP contribution is -2.14. The van der Waals surface area contributed by atoms with Gasteiger partial charge in [-0.15, -0.1) is 0 Å². The summed E-state index contributed by atoms with van der Waals surface area (Å²) in [7, 11) is 0. The van der Waals surface area contributed by atoms with E-state index in [1.54, 1.807) is 6.33 Å². The second kappa shape index (κ2) is 7.86. The molecule has 4 aromatic rings. The molecule has 4 nitrogen and oxygen atoms in total. The first kappa shape index (κ1) is 20.0. The molecule has 0 saturated heterocycles. The predicted molar refractivity (Wildman–Crippen MR) is 124 cm³/mol. The number of anilines is 1. The van der Waals surface area contributed by atoms with Crippen LogP contribution in [0.25, 0.3) is 22.0 Å². The lowest BCUT2D eigenvalue weighted by Gasteiger charge is -2.17. The minimum Gasteiger partial charge on any atom is -0.383 e. The summed E-state index contributed by atoms with van der Waals surface area (Å²) in [5.74, 6) is 0.594. The number of aryl methyl sites for hydroxylation is 3. The third kappa shape index (κ3) is 4.18. The zero-order valence-electron chi connectivity index (χ0n) is 18.1. The van der Waals surface area contributed by atoms with Crippen molar-refractivity contribution in [2.45, 2.75) is 46.0 Å². The highest BCUT2D eigenvalue weighted by Crippen LogP contribution is 2.28. The van der Waals surface area contributed by atoms with Crippen molar-refractivity contribution < 1.29 is 0 Å². The quantitative estimate of drug-likeness (QED) is 0.483. The predicted octanol–water partition coefficient (Wildman–Crippen LogP) is 5.67. The molecule has 0 saturated carbocycles. The first-order valence-electron chi connectivity index (χ1n) is 10.4. The molecular weight excluding hydrogens is 368 g/mol. The summed E-state index contributed by atoms with van der Waals surface area (Å²) >= 11 is 0. The topological polar surface area (TPSA) is 64.7 Å². The van der Waals surface area contributed by atoms with Gasteiger partial charge in [-0.25, -0.2) is 15.0 Å². The third-order valence-corrected chi connectivity index (χ3v) is 5.53. The van der Waals surface area contributed by atoms with E-state index in [2.05, 4.69) is 97.2 Å². The molecule has 0 aliphatic rings. The fourth-order valence-electron chi connectivity index (χ4n) is 3.71. The Hall–Kier alpha value is -3.27. The van der Waals surface area contributed by atoms with Crippen LogP contribution in [0.2, 0.25) is 0 Å². The van der Waals surface area contributed by atoms with Crippen LogP contribution in [0.3, 0.4) is 0 Å². The van der Waals surface area contributed by atoms with Crippen molar-refractivity contribution >= 4 is 16.7 Å². The van der Waals surface area contributed by atoms with Crippen molar-refractivity contribution in [3.8, 4) is 11.1 Å². The van der Waals surface area contributed by atoms with Crippen LogP contribution in [0.1, 0.15) is 43.3 Å². The van der Waals surface area contributed by atoms with E-state index in [9.17, 15) is 0 Å². The number of pyridine rings is 1.